The Kier molecular flexibility index (Phi) is 3.37. The minimum atomic E-state index is -1.01. The third kappa shape index (κ3) is 2.71. The fourth-order valence-electron chi connectivity index (χ4n) is 0.908. The van der Waals surface area contributed by atoms with Crippen LogP contribution in [0.25, 0.3) is 10.8 Å². The number of thiophene rings is 1. The van der Waals surface area contributed by atoms with Gasteiger partial charge in [-0.05, 0) is 28.6 Å². The lowest BCUT2D eigenvalue weighted by Crippen LogP contribution is -1.84. The first-order chi connectivity index (χ1) is 7.75. The lowest BCUT2D eigenvalue weighted by Gasteiger charge is -1.85. The third-order valence-corrected chi connectivity index (χ3v) is 3.01. The van der Waals surface area contributed by atoms with Crippen molar-refractivity contribution in [1.29, 1.82) is 0 Å². The highest BCUT2D eigenvalue weighted by Gasteiger charge is 2.08. The van der Waals surface area contributed by atoms with E-state index in [9.17, 15) is 4.79 Å². The first-order valence-electron chi connectivity index (χ1n) is 4.19. The number of carbonyl (C=O) groups is 1. The average Bonchev–Trinajstić information content (AvgIpc) is 2.85. The summed E-state index contributed by atoms with van der Waals surface area (Å²) >= 11 is 2.57. The number of rotatable bonds is 4. The van der Waals surface area contributed by atoms with Gasteiger partial charge in [-0.25, -0.2) is 4.79 Å². The van der Waals surface area contributed by atoms with Crippen LogP contribution in [0.3, 0.4) is 0 Å². The van der Waals surface area contributed by atoms with Gasteiger partial charge in [0, 0.05) is 6.08 Å². The molecule has 0 saturated carbocycles. The number of hydrogen-bond acceptors (Lipinski definition) is 6. The molecule has 0 fully saturated rings. The van der Waals surface area contributed by atoms with E-state index in [0.717, 1.165) is 22.7 Å². The monoisotopic (exact) mass is 254 g/mol. The predicted octanol–water partition coefficient (Wildman–Crippen LogP) is 2.49. The van der Waals surface area contributed by atoms with Gasteiger partial charge in [-0.15, -0.1) is 21.5 Å². The number of aromatic nitrogens is 2. The van der Waals surface area contributed by atoms with E-state index < -0.39 is 5.97 Å². The Bertz CT molecular complexity index is 505. The van der Waals surface area contributed by atoms with E-state index in [2.05, 4.69) is 10.2 Å². The van der Waals surface area contributed by atoms with E-state index in [-0.39, 0.29) is 0 Å². The molecule has 0 spiro atoms. The van der Waals surface area contributed by atoms with Crippen LogP contribution in [-0.4, -0.2) is 21.3 Å². The summed E-state index contributed by atoms with van der Waals surface area (Å²) in [6.45, 7) is 0. The third-order valence-electron chi connectivity index (χ3n) is 1.52. The van der Waals surface area contributed by atoms with Crippen LogP contribution in [0.4, 0.5) is 0 Å². The minimum absolute atomic E-state index is 0.320. The smallest absolute Gasteiger partial charge is 0.328 e. The number of hydrogen-bond donors (Lipinski definition) is 1. The second kappa shape index (κ2) is 4.95. The lowest BCUT2D eigenvalue weighted by molar-refractivity contribution is -0.131. The number of nitrogens with zero attached hydrogens (tertiary/aromatic N) is 2. The van der Waals surface area contributed by atoms with Crippen LogP contribution in [0.1, 0.15) is 0 Å². The van der Waals surface area contributed by atoms with Crippen LogP contribution < -0.4 is 0 Å². The number of thioether (sulfide) groups is 1. The molecule has 0 aliphatic rings. The first-order valence-corrected chi connectivity index (χ1v) is 5.95. The minimum Gasteiger partial charge on any atom is -0.478 e. The van der Waals surface area contributed by atoms with Gasteiger partial charge in [-0.1, -0.05) is 6.07 Å². The quantitative estimate of drug-likeness (QED) is 0.667. The Hall–Kier alpha value is -1.60. The van der Waals surface area contributed by atoms with Crippen LogP contribution in [-0.2, 0) is 4.79 Å². The van der Waals surface area contributed by atoms with Gasteiger partial charge in [0.05, 0.1) is 4.88 Å². The molecule has 2 aromatic heterocycles. The van der Waals surface area contributed by atoms with Crippen LogP contribution >= 0.6 is 23.1 Å². The van der Waals surface area contributed by atoms with Crippen molar-refractivity contribution in [3.8, 4) is 10.8 Å². The van der Waals surface area contributed by atoms with Crippen molar-refractivity contribution < 1.29 is 14.3 Å². The molecule has 5 nitrogen and oxygen atoms in total. The Balaban J connectivity index is 2.06. The summed E-state index contributed by atoms with van der Waals surface area (Å²) in [7, 11) is 0. The predicted molar refractivity (Wildman–Crippen MR) is 60.2 cm³/mol. The molecule has 0 aromatic carbocycles. The number of carboxylic acids is 1. The molecule has 0 unspecified atom stereocenters. The van der Waals surface area contributed by atoms with Crippen molar-refractivity contribution in [3.63, 3.8) is 0 Å². The Labute approximate surface area is 98.8 Å². The lowest BCUT2D eigenvalue weighted by atomic mass is 10.5. The number of carboxylic acid groups (broad SMARTS) is 1. The van der Waals surface area contributed by atoms with E-state index in [1.165, 1.54) is 16.7 Å². The second-order valence-corrected chi connectivity index (χ2v) is 4.41. The van der Waals surface area contributed by atoms with Crippen molar-refractivity contribution in [3.05, 3.63) is 29.0 Å². The molecule has 16 heavy (non-hydrogen) atoms. The van der Waals surface area contributed by atoms with Crippen LogP contribution in [0.15, 0.2) is 38.6 Å². The molecular formula is C9H6N2O3S2. The normalized spacial score (nSPS) is 11.0. The topological polar surface area (TPSA) is 76.2 Å². The van der Waals surface area contributed by atoms with E-state index in [4.69, 9.17) is 9.52 Å². The zero-order valence-electron chi connectivity index (χ0n) is 7.86. The Morgan fingerprint density at radius 1 is 1.56 bits per heavy atom. The van der Waals surface area contributed by atoms with Gasteiger partial charge in [0.15, 0.2) is 0 Å². The summed E-state index contributed by atoms with van der Waals surface area (Å²) in [6, 6.07) is 3.76. The standard InChI is InChI=1S/C9H6N2O3S2/c12-7(13)3-5-16-9-11-10-8(14-9)6-2-1-4-15-6/h1-5H,(H,12,13). The fourth-order valence-corrected chi connectivity index (χ4v) is 2.07. The van der Waals surface area contributed by atoms with Gasteiger partial charge in [0.25, 0.3) is 11.1 Å². The van der Waals surface area contributed by atoms with Gasteiger partial charge in [0.2, 0.25) is 0 Å². The van der Waals surface area contributed by atoms with Gasteiger partial charge in [0.1, 0.15) is 0 Å². The van der Waals surface area contributed by atoms with Crippen molar-refractivity contribution in [2.24, 2.45) is 0 Å². The van der Waals surface area contributed by atoms with Crippen molar-refractivity contribution in [2.45, 2.75) is 5.22 Å². The molecule has 0 saturated heterocycles. The van der Waals surface area contributed by atoms with Gasteiger partial charge >= 0.3 is 5.97 Å². The maximum Gasteiger partial charge on any atom is 0.328 e. The summed E-state index contributed by atoms with van der Waals surface area (Å²) in [5, 5.41) is 19.6. The van der Waals surface area contributed by atoms with E-state index >= 15 is 0 Å². The Morgan fingerprint density at radius 3 is 3.12 bits per heavy atom. The molecule has 2 rings (SSSR count). The van der Waals surface area contributed by atoms with E-state index in [1.54, 1.807) is 0 Å². The summed E-state index contributed by atoms with van der Waals surface area (Å²) < 4.78 is 5.32. The SMILES string of the molecule is O=C(O)C=CSc1nnc(-c2cccs2)o1. The molecule has 0 amide bonds. The molecule has 0 aliphatic carbocycles. The molecule has 2 heterocycles. The molecule has 0 radical (unpaired) electrons. The molecule has 0 atom stereocenters. The molecule has 0 bridgehead atoms. The number of aliphatic carboxylic acids is 1. The van der Waals surface area contributed by atoms with Crippen LogP contribution in [0, 0.1) is 0 Å². The molecular weight excluding hydrogens is 248 g/mol. The highest BCUT2D eigenvalue weighted by Crippen LogP contribution is 2.26. The van der Waals surface area contributed by atoms with E-state index in [1.807, 2.05) is 17.5 Å². The highest BCUT2D eigenvalue weighted by atomic mass is 32.2. The summed E-state index contributed by atoms with van der Waals surface area (Å²) in [6.07, 6.45) is 1.01. The zero-order valence-corrected chi connectivity index (χ0v) is 9.49. The van der Waals surface area contributed by atoms with Crippen molar-refractivity contribution >= 4 is 29.1 Å². The maximum absolute atomic E-state index is 10.2. The van der Waals surface area contributed by atoms with Crippen molar-refractivity contribution in [1.82, 2.24) is 10.2 Å². The first kappa shape index (κ1) is 10.9. The molecule has 2 aromatic rings. The van der Waals surface area contributed by atoms with Crippen LogP contribution in [0.2, 0.25) is 0 Å². The highest BCUT2D eigenvalue weighted by molar-refractivity contribution is 8.01. The summed E-state index contributed by atoms with van der Waals surface area (Å²) in [5.74, 6) is -0.563. The second-order valence-electron chi connectivity index (χ2n) is 2.61. The fraction of sp³-hybridized carbons (Fsp3) is 0. The van der Waals surface area contributed by atoms with Crippen LogP contribution in [0.5, 0.6) is 0 Å². The largest absolute Gasteiger partial charge is 0.478 e. The maximum atomic E-state index is 10.2. The van der Waals surface area contributed by atoms with Gasteiger partial charge in [-0.2, -0.15) is 0 Å². The van der Waals surface area contributed by atoms with E-state index in [0.29, 0.717) is 11.1 Å². The van der Waals surface area contributed by atoms with Gasteiger partial charge < -0.3 is 9.52 Å². The summed E-state index contributed by atoms with van der Waals surface area (Å²) in [4.78, 5) is 11.1. The van der Waals surface area contributed by atoms with Crippen molar-refractivity contribution in [2.75, 3.05) is 0 Å². The zero-order chi connectivity index (χ0) is 11.4. The molecule has 1 N–H and O–H groups in total. The molecule has 7 heteroatoms. The molecule has 82 valence electrons. The average molecular weight is 254 g/mol. The van der Waals surface area contributed by atoms with Gasteiger partial charge in [-0.3, -0.25) is 0 Å². The Morgan fingerprint density at radius 2 is 2.44 bits per heavy atom. The molecule has 0 aliphatic heterocycles. The summed E-state index contributed by atoms with van der Waals surface area (Å²) in [5.41, 5.74) is 0.